The molecule has 2 aromatic heterocycles. The normalized spacial score (nSPS) is 22.1. The molecule has 1 aliphatic carbocycles. The number of para-hydroxylation sites is 1. The van der Waals surface area contributed by atoms with Crippen molar-refractivity contribution in [2.75, 3.05) is 13.2 Å². The van der Waals surface area contributed by atoms with Gasteiger partial charge in [0, 0.05) is 18.8 Å². The Labute approximate surface area is 186 Å². The van der Waals surface area contributed by atoms with E-state index in [1.54, 1.807) is 11.0 Å². The Bertz CT molecular complexity index is 1170. The van der Waals surface area contributed by atoms with Gasteiger partial charge in [-0.15, -0.1) is 5.10 Å². The summed E-state index contributed by atoms with van der Waals surface area (Å²) in [5.74, 6) is -0.628. The lowest BCUT2D eigenvalue weighted by Crippen LogP contribution is -2.52. The molecule has 2 bridgehead atoms. The molecule has 2 unspecified atom stereocenters. The van der Waals surface area contributed by atoms with Gasteiger partial charge in [0.05, 0.1) is 29.1 Å². The number of halogens is 4. The van der Waals surface area contributed by atoms with Crippen LogP contribution in [0.2, 0.25) is 0 Å². The zero-order chi connectivity index (χ0) is 23.2. The van der Waals surface area contributed by atoms with Crippen LogP contribution in [0.1, 0.15) is 35.2 Å². The number of alkyl halides is 3. The summed E-state index contributed by atoms with van der Waals surface area (Å²) in [4.78, 5) is 19.0. The van der Waals surface area contributed by atoms with Crippen molar-refractivity contribution in [1.29, 1.82) is 0 Å². The van der Waals surface area contributed by atoms with Crippen LogP contribution in [0.25, 0.3) is 5.69 Å². The molecule has 1 saturated heterocycles. The molecule has 3 aromatic rings. The van der Waals surface area contributed by atoms with E-state index in [2.05, 4.69) is 15.3 Å². The number of ether oxygens (including phenoxy) is 1. The maximum Gasteiger partial charge on any atom is 0.417 e. The summed E-state index contributed by atoms with van der Waals surface area (Å²) >= 11 is 0. The second-order valence-electron chi connectivity index (χ2n) is 8.40. The topological polar surface area (TPSA) is 73.1 Å². The van der Waals surface area contributed by atoms with Gasteiger partial charge >= 0.3 is 6.18 Å². The lowest BCUT2D eigenvalue weighted by molar-refractivity contribution is -0.137. The number of aromatic nitrogens is 4. The molecule has 7 nitrogen and oxygen atoms in total. The van der Waals surface area contributed by atoms with E-state index in [-0.39, 0.29) is 35.6 Å². The lowest BCUT2D eigenvalue weighted by Gasteiger charge is -2.38. The Morgan fingerprint density at radius 2 is 2.09 bits per heavy atom. The first-order valence-corrected chi connectivity index (χ1v) is 10.4. The van der Waals surface area contributed by atoms with Crippen molar-refractivity contribution < 1.29 is 27.1 Å². The van der Waals surface area contributed by atoms with Gasteiger partial charge in [-0.1, -0.05) is 11.3 Å². The molecule has 2 fully saturated rings. The van der Waals surface area contributed by atoms with E-state index in [9.17, 15) is 22.4 Å². The largest absolute Gasteiger partial charge is 0.475 e. The highest BCUT2D eigenvalue weighted by Gasteiger charge is 2.53. The van der Waals surface area contributed by atoms with Crippen molar-refractivity contribution in [3.63, 3.8) is 0 Å². The van der Waals surface area contributed by atoms with Crippen molar-refractivity contribution in [2.24, 2.45) is 5.92 Å². The molecule has 2 atom stereocenters. The van der Waals surface area contributed by atoms with Gasteiger partial charge in [-0.25, -0.2) is 14.1 Å². The summed E-state index contributed by atoms with van der Waals surface area (Å²) in [5, 5.41) is 7.52. The van der Waals surface area contributed by atoms with Crippen LogP contribution >= 0.6 is 0 Å². The fraction of sp³-hybridized carbons (Fsp3) is 0.364. The standard InChI is InChI=1S/C22H19F4N5O2/c23-17-3-1-2-16(19(17)31-9-8-28-29-31)20(32)30-12-14-6-7-21(30,10-14)13-33-18-5-4-15(11-27-18)22(24,25)26/h1-5,8-9,11,14H,6-7,10,12-13H2. The highest BCUT2D eigenvalue weighted by Crippen LogP contribution is 2.47. The summed E-state index contributed by atoms with van der Waals surface area (Å²) in [5.41, 5.74) is -1.33. The van der Waals surface area contributed by atoms with Gasteiger partial charge in [-0.05, 0) is 43.4 Å². The third kappa shape index (κ3) is 3.81. The number of rotatable bonds is 5. The molecule has 5 rings (SSSR count). The van der Waals surface area contributed by atoms with E-state index in [4.69, 9.17) is 4.74 Å². The first-order valence-electron chi connectivity index (χ1n) is 10.4. The molecule has 2 aliphatic rings. The summed E-state index contributed by atoms with van der Waals surface area (Å²) in [6.07, 6.45) is 1.38. The second kappa shape index (κ2) is 7.82. The lowest BCUT2D eigenvalue weighted by atomic mass is 9.96. The monoisotopic (exact) mass is 461 g/mol. The first-order chi connectivity index (χ1) is 15.8. The van der Waals surface area contributed by atoms with Crippen molar-refractivity contribution >= 4 is 5.91 Å². The van der Waals surface area contributed by atoms with Gasteiger partial charge < -0.3 is 9.64 Å². The molecular weight excluding hydrogens is 442 g/mol. The number of hydrogen-bond acceptors (Lipinski definition) is 5. The van der Waals surface area contributed by atoms with Gasteiger partial charge in [0.2, 0.25) is 5.88 Å². The van der Waals surface area contributed by atoms with E-state index in [1.165, 1.54) is 35.3 Å². The summed E-state index contributed by atoms with van der Waals surface area (Å²) in [6.45, 7) is 0.581. The number of piperidine rings is 1. The van der Waals surface area contributed by atoms with Crippen molar-refractivity contribution in [2.45, 2.75) is 31.0 Å². The number of carbonyl (C=O) groups excluding carboxylic acids is 1. The summed E-state index contributed by atoms with van der Waals surface area (Å²) in [6, 6.07) is 6.33. The molecule has 1 saturated carbocycles. The number of nitrogens with zero attached hydrogens (tertiary/aromatic N) is 5. The molecule has 3 heterocycles. The number of fused-ring (bicyclic) bond motifs is 2. The smallest absolute Gasteiger partial charge is 0.417 e. The molecule has 0 radical (unpaired) electrons. The average molecular weight is 461 g/mol. The van der Waals surface area contributed by atoms with Crippen LogP contribution in [-0.4, -0.2) is 49.5 Å². The van der Waals surface area contributed by atoms with Gasteiger partial charge in [0.15, 0.2) is 0 Å². The molecule has 172 valence electrons. The SMILES string of the molecule is O=C(c1cccc(F)c1-n1ccnn1)N1CC2CCC1(COc1ccc(C(F)(F)F)cn1)C2. The van der Waals surface area contributed by atoms with Crippen molar-refractivity contribution in [3.05, 3.63) is 65.9 Å². The maximum absolute atomic E-state index is 14.7. The third-order valence-electron chi connectivity index (χ3n) is 6.37. The Hall–Kier alpha value is -3.50. The molecule has 0 N–H and O–H groups in total. The molecule has 1 aliphatic heterocycles. The van der Waals surface area contributed by atoms with Gasteiger partial charge in [0.1, 0.15) is 18.1 Å². The van der Waals surface area contributed by atoms with Gasteiger partial charge in [-0.3, -0.25) is 4.79 Å². The van der Waals surface area contributed by atoms with Crippen LogP contribution in [-0.2, 0) is 6.18 Å². The van der Waals surface area contributed by atoms with Crippen LogP contribution in [0.5, 0.6) is 5.88 Å². The Kier molecular flexibility index (Phi) is 5.06. The molecular formula is C22H19F4N5O2. The Morgan fingerprint density at radius 1 is 1.24 bits per heavy atom. The summed E-state index contributed by atoms with van der Waals surface area (Å²) < 4.78 is 59.9. The zero-order valence-corrected chi connectivity index (χ0v) is 17.3. The van der Waals surface area contributed by atoms with E-state index in [0.29, 0.717) is 19.4 Å². The van der Waals surface area contributed by atoms with Crippen LogP contribution in [0, 0.1) is 11.7 Å². The molecule has 1 aromatic carbocycles. The van der Waals surface area contributed by atoms with E-state index in [0.717, 1.165) is 18.7 Å². The van der Waals surface area contributed by atoms with E-state index >= 15 is 0 Å². The third-order valence-corrected chi connectivity index (χ3v) is 6.37. The predicted octanol–water partition coefficient (Wildman–Crippen LogP) is 3.89. The van der Waals surface area contributed by atoms with Crippen LogP contribution in [0.3, 0.4) is 0 Å². The molecule has 0 spiro atoms. The number of pyridine rings is 1. The zero-order valence-electron chi connectivity index (χ0n) is 17.3. The highest BCUT2D eigenvalue weighted by molar-refractivity contribution is 5.98. The fourth-order valence-corrected chi connectivity index (χ4v) is 4.81. The fourth-order valence-electron chi connectivity index (χ4n) is 4.81. The number of carbonyl (C=O) groups is 1. The van der Waals surface area contributed by atoms with Gasteiger partial charge in [0.25, 0.3) is 5.91 Å². The van der Waals surface area contributed by atoms with E-state index in [1.807, 2.05) is 0 Å². The molecule has 33 heavy (non-hydrogen) atoms. The van der Waals surface area contributed by atoms with Crippen molar-refractivity contribution in [1.82, 2.24) is 24.9 Å². The minimum absolute atomic E-state index is 0.0169. The highest BCUT2D eigenvalue weighted by atomic mass is 19.4. The van der Waals surface area contributed by atoms with Crippen LogP contribution in [0.15, 0.2) is 48.9 Å². The minimum atomic E-state index is -4.48. The van der Waals surface area contributed by atoms with Crippen LogP contribution < -0.4 is 4.74 Å². The van der Waals surface area contributed by atoms with Crippen LogP contribution in [0.4, 0.5) is 17.6 Å². The minimum Gasteiger partial charge on any atom is -0.475 e. The number of benzene rings is 1. The first kappa shape index (κ1) is 21.4. The number of hydrogen-bond donors (Lipinski definition) is 0. The second-order valence-corrected chi connectivity index (χ2v) is 8.40. The predicted molar refractivity (Wildman–Crippen MR) is 107 cm³/mol. The van der Waals surface area contributed by atoms with Crippen molar-refractivity contribution in [3.8, 4) is 11.6 Å². The maximum atomic E-state index is 14.7. The quantitative estimate of drug-likeness (QED) is 0.539. The average Bonchev–Trinajstić information content (AvgIpc) is 3.53. The summed E-state index contributed by atoms with van der Waals surface area (Å²) in [7, 11) is 0. The van der Waals surface area contributed by atoms with Gasteiger partial charge in [-0.2, -0.15) is 13.2 Å². The number of amides is 1. The number of likely N-dealkylation sites (tertiary alicyclic amines) is 1. The Balaban J connectivity index is 1.40. The van der Waals surface area contributed by atoms with E-state index < -0.39 is 23.1 Å². The molecule has 1 amide bonds. The molecule has 11 heteroatoms. The Morgan fingerprint density at radius 3 is 2.76 bits per heavy atom.